The highest BCUT2D eigenvalue weighted by molar-refractivity contribution is 8.00. The number of nitrogens with one attached hydrogen (secondary N) is 1. The highest BCUT2D eigenvalue weighted by Gasteiger charge is 2.09. The summed E-state index contributed by atoms with van der Waals surface area (Å²) in [4.78, 5) is 16.7. The zero-order valence-corrected chi connectivity index (χ0v) is 11.0. The zero-order valence-electron chi connectivity index (χ0n) is 9.38. The van der Waals surface area contributed by atoms with E-state index < -0.39 is 0 Å². The van der Waals surface area contributed by atoms with Crippen molar-refractivity contribution in [2.24, 2.45) is 0 Å². The molecule has 0 atom stereocenters. The first-order valence-electron chi connectivity index (χ1n) is 4.93. The van der Waals surface area contributed by atoms with E-state index in [1.54, 1.807) is 17.5 Å². The molecule has 0 saturated carbocycles. The Morgan fingerprint density at radius 3 is 2.94 bits per heavy atom. The molecule has 0 aromatic carbocycles. The van der Waals surface area contributed by atoms with E-state index in [-0.39, 0.29) is 0 Å². The molecule has 2 aromatic heterocycles. The van der Waals surface area contributed by atoms with E-state index in [9.17, 15) is 0 Å². The molecule has 90 valence electrons. The van der Waals surface area contributed by atoms with Crippen LogP contribution >= 0.6 is 23.1 Å². The van der Waals surface area contributed by atoms with Crippen LogP contribution in [0.4, 0.5) is 5.95 Å². The molecule has 8 heteroatoms. The van der Waals surface area contributed by atoms with Gasteiger partial charge in [-0.15, -0.1) is 11.3 Å². The predicted octanol–water partition coefficient (Wildman–Crippen LogP) is 1.92. The molecule has 17 heavy (non-hydrogen) atoms. The van der Waals surface area contributed by atoms with Crippen molar-refractivity contribution in [2.75, 3.05) is 19.0 Å². The molecule has 0 aliphatic carbocycles. The average Bonchev–Trinajstić information content (AvgIpc) is 2.82. The van der Waals surface area contributed by atoms with E-state index in [2.05, 4.69) is 25.3 Å². The summed E-state index contributed by atoms with van der Waals surface area (Å²) in [6.45, 7) is 2.72. The molecule has 0 fully saturated rings. The maximum atomic E-state index is 5.03. The summed E-state index contributed by atoms with van der Waals surface area (Å²) in [5.74, 6) is 0.512. The Bertz CT molecular complexity index is 476. The van der Waals surface area contributed by atoms with Gasteiger partial charge in [0.1, 0.15) is 0 Å². The normalized spacial score (nSPS) is 10.2. The molecule has 2 rings (SSSR count). The Morgan fingerprint density at radius 2 is 2.29 bits per heavy atom. The summed E-state index contributed by atoms with van der Waals surface area (Å²) in [6.07, 6.45) is 1.75. The maximum Gasteiger partial charge on any atom is 0.321 e. The van der Waals surface area contributed by atoms with Gasteiger partial charge in [-0.2, -0.15) is 15.0 Å². The maximum absolute atomic E-state index is 5.03. The summed E-state index contributed by atoms with van der Waals surface area (Å²) >= 11 is 2.93. The SMILES string of the molecule is CCNc1nc(OC)nc(Sc2nccs2)n1. The third-order valence-electron chi connectivity index (χ3n) is 1.70. The second kappa shape index (κ2) is 5.78. The first kappa shape index (κ1) is 12.1. The molecule has 0 spiro atoms. The first-order valence-corrected chi connectivity index (χ1v) is 6.62. The minimum Gasteiger partial charge on any atom is -0.467 e. The third kappa shape index (κ3) is 3.27. The highest BCUT2D eigenvalue weighted by Crippen LogP contribution is 2.27. The van der Waals surface area contributed by atoms with Gasteiger partial charge in [0, 0.05) is 18.1 Å². The van der Waals surface area contributed by atoms with Crippen LogP contribution in [0.25, 0.3) is 0 Å². The topological polar surface area (TPSA) is 72.8 Å². The molecule has 0 aliphatic heterocycles. The molecule has 0 amide bonds. The van der Waals surface area contributed by atoms with Crippen molar-refractivity contribution in [1.29, 1.82) is 0 Å². The van der Waals surface area contributed by atoms with Gasteiger partial charge in [0.05, 0.1) is 7.11 Å². The highest BCUT2D eigenvalue weighted by atomic mass is 32.2. The number of anilines is 1. The number of nitrogens with zero attached hydrogens (tertiary/aromatic N) is 4. The molecule has 0 bridgehead atoms. The summed E-state index contributed by atoms with van der Waals surface area (Å²) in [6, 6.07) is 0.301. The monoisotopic (exact) mass is 269 g/mol. The second-order valence-electron chi connectivity index (χ2n) is 2.86. The van der Waals surface area contributed by atoms with Gasteiger partial charge in [0.25, 0.3) is 0 Å². The smallest absolute Gasteiger partial charge is 0.321 e. The van der Waals surface area contributed by atoms with E-state index in [0.717, 1.165) is 10.9 Å². The standard InChI is InChI=1S/C9H11N5OS2/c1-3-10-6-12-7(15-2)14-8(13-6)17-9-11-4-5-16-9/h4-5H,3H2,1-2H3,(H,10,12,13,14). The molecule has 0 unspecified atom stereocenters. The molecule has 1 N–H and O–H groups in total. The van der Waals surface area contributed by atoms with Crippen molar-refractivity contribution in [3.63, 3.8) is 0 Å². The molecule has 0 saturated heterocycles. The van der Waals surface area contributed by atoms with E-state index in [0.29, 0.717) is 17.1 Å². The lowest BCUT2D eigenvalue weighted by atomic mass is 10.7. The van der Waals surface area contributed by atoms with E-state index in [1.165, 1.54) is 18.9 Å². The predicted molar refractivity (Wildman–Crippen MR) is 66.8 cm³/mol. The largest absolute Gasteiger partial charge is 0.467 e. The van der Waals surface area contributed by atoms with Crippen molar-refractivity contribution < 1.29 is 4.74 Å². The van der Waals surface area contributed by atoms with Gasteiger partial charge in [-0.3, -0.25) is 0 Å². The van der Waals surface area contributed by atoms with E-state index >= 15 is 0 Å². The van der Waals surface area contributed by atoms with Crippen LogP contribution in [-0.2, 0) is 0 Å². The summed E-state index contributed by atoms with van der Waals surface area (Å²) in [5.41, 5.74) is 0. The number of aromatic nitrogens is 4. The molecule has 0 radical (unpaired) electrons. The number of ether oxygens (including phenoxy) is 1. The Hall–Kier alpha value is -1.41. The average molecular weight is 269 g/mol. The Kier molecular flexibility index (Phi) is 4.10. The lowest BCUT2D eigenvalue weighted by Gasteiger charge is -2.05. The van der Waals surface area contributed by atoms with Crippen LogP contribution in [0.3, 0.4) is 0 Å². The molecular weight excluding hydrogens is 258 g/mol. The fourth-order valence-corrected chi connectivity index (χ4v) is 2.52. The van der Waals surface area contributed by atoms with Crippen LogP contribution in [0.15, 0.2) is 21.1 Å². The van der Waals surface area contributed by atoms with Gasteiger partial charge in [-0.05, 0) is 18.7 Å². The van der Waals surface area contributed by atoms with E-state index in [4.69, 9.17) is 4.74 Å². The van der Waals surface area contributed by atoms with E-state index in [1.807, 2.05) is 12.3 Å². The van der Waals surface area contributed by atoms with Crippen LogP contribution in [0.5, 0.6) is 6.01 Å². The fraction of sp³-hybridized carbons (Fsp3) is 0.333. The summed E-state index contributed by atoms with van der Waals surface area (Å²) < 4.78 is 5.92. The van der Waals surface area contributed by atoms with Crippen molar-refractivity contribution in [3.05, 3.63) is 11.6 Å². The molecular formula is C9H11N5OS2. The number of rotatable bonds is 5. The Morgan fingerprint density at radius 1 is 1.41 bits per heavy atom. The summed E-state index contributed by atoms with van der Waals surface area (Å²) in [5, 5.41) is 5.51. The van der Waals surface area contributed by atoms with Crippen molar-refractivity contribution in [1.82, 2.24) is 19.9 Å². The molecule has 2 heterocycles. The Labute approximate surface area is 107 Å². The Balaban J connectivity index is 2.23. The minimum absolute atomic E-state index is 0.301. The van der Waals surface area contributed by atoms with Gasteiger partial charge in [0.15, 0.2) is 4.34 Å². The van der Waals surface area contributed by atoms with Gasteiger partial charge in [-0.25, -0.2) is 4.98 Å². The third-order valence-corrected chi connectivity index (χ3v) is 3.45. The van der Waals surface area contributed by atoms with Crippen LogP contribution in [0, 0.1) is 0 Å². The molecule has 2 aromatic rings. The number of hydrogen-bond acceptors (Lipinski definition) is 8. The number of methoxy groups -OCH3 is 1. The number of hydrogen-bond donors (Lipinski definition) is 1. The molecule has 0 aliphatic rings. The van der Waals surface area contributed by atoms with Crippen LogP contribution in [0.2, 0.25) is 0 Å². The van der Waals surface area contributed by atoms with Gasteiger partial charge >= 0.3 is 6.01 Å². The van der Waals surface area contributed by atoms with Crippen molar-refractivity contribution >= 4 is 29.0 Å². The minimum atomic E-state index is 0.301. The van der Waals surface area contributed by atoms with Gasteiger partial charge < -0.3 is 10.1 Å². The first-order chi connectivity index (χ1) is 8.31. The number of thiazole rings is 1. The van der Waals surface area contributed by atoms with Crippen LogP contribution < -0.4 is 10.1 Å². The van der Waals surface area contributed by atoms with Crippen LogP contribution in [-0.4, -0.2) is 33.6 Å². The quantitative estimate of drug-likeness (QED) is 0.888. The summed E-state index contributed by atoms with van der Waals surface area (Å²) in [7, 11) is 1.53. The van der Waals surface area contributed by atoms with Gasteiger partial charge in [-0.1, -0.05) is 0 Å². The fourth-order valence-electron chi connectivity index (χ4n) is 1.05. The van der Waals surface area contributed by atoms with Gasteiger partial charge in [0.2, 0.25) is 11.1 Å². The van der Waals surface area contributed by atoms with Crippen molar-refractivity contribution in [2.45, 2.75) is 16.4 Å². The lowest BCUT2D eigenvalue weighted by molar-refractivity contribution is 0.373. The zero-order chi connectivity index (χ0) is 12.1. The lowest BCUT2D eigenvalue weighted by Crippen LogP contribution is -2.05. The second-order valence-corrected chi connectivity index (χ2v) is 4.97. The van der Waals surface area contributed by atoms with Crippen LogP contribution in [0.1, 0.15) is 6.92 Å². The molecule has 6 nitrogen and oxygen atoms in total. The van der Waals surface area contributed by atoms with Crippen molar-refractivity contribution in [3.8, 4) is 6.01 Å².